The normalized spacial score (nSPS) is 19.9. The van der Waals surface area contributed by atoms with Crippen molar-refractivity contribution in [1.29, 1.82) is 0 Å². The van der Waals surface area contributed by atoms with Gasteiger partial charge in [-0.05, 0) is 61.4 Å². The summed E-state index contributed by atoms with van der Waals surface area (Å²) in [6.07, 6.45) is 1.51. The van der Waals surface area contributed by atoms with Crippen LogP contribution in [0, 0.1) is 0 Å². The van der Waals surface area contributed by atoms with Crippen molar-refractivity contribution in [1.82, 2.24) is 15.1 Å². The SMILES string of the molecule is NCCC[C@H](NC(=O)c1cc2cc(C(F)(F)P(=O)(O)O)ccc2s1)C(=O)N1CCC[C@H]1C(=O)N1CCO[C@H](c2ccccc2)C1. The number of ether oxygens (including phenoxy) is 1. The summed E-state index contributed by atoms with van der Waals surface area (Å²) >= 11 is 0.991. The molecule has 5 N–H and O–H groups in total. The molecule has 1 aromatic heterocycles. The van der Waals surface area contributed by atoms with Gasteiger partial charge in [-0.1, -0.05) is 36.4 Å². The molecule has 0 unspecified atom stereocenters. The van der Waals surface area contributed by atoms with Gasteiger partial charge in [-0.15, -0.1) is 11.3 Å². The Morgan fingerprint density at radius 3 is 2.60 bits per heavy atom. The summed E-state index contributed by atoms with van der Waals surface area (Å²) in [4.78, 5) is 62.4. The monoisotopic (exact) mass is 664 g/mol. The van der Waals surface area contributed by atoms with E-state index in [1.165, 1.54) is 17.0 Å². The highest BCUT2D eigenvalue weighted by Gasteiger charge is 2.50. The first-order valence-electron chi connectivity index (χ1n) is 14.6. The first-order chi connectivity index (χ1) is 21.4. The zero-order valence-corrected chi connectivity index (χ0v) is 26.0. The Balaban J connectivity index is 1.30. The van der Waals surface area contributed by atoms with Crippen LogP contribution in [0.25, 0.3) is 10.1 Å². The molecular weight excluding hydrogens is 629 g/mol. The van der Waals surface area contributed by atoms with E-state index in [0.717, 1.165) is 29.0 Å². The van der Waals surface area contributed by atoms with Crippen molar-refractivity contribution in [2.75, 3.05) is 32.8 Å². The van der Waals surface area contributed by atoms with Crippen LogP contribution in [0.15, 0.2) is 54.6 Å². The highest BCUT2D eigenvalue weighted by Crippen LogP contribution is 2.59. The number of rotatable bonds is 10. The lowest BCUT2D eigenvalue weighted by molar-refractivity contribution is -0.149. The summed E-state index contributed by atoms with van der Waals surface area (Å²) in [7, 11) is -5.77. The average Bonchev–Trinajstić information content (AvgIpc) is 3.70. The average molecular weight is 665 g/mol. The summed E-state index contributed by atoms with van der Waals surface area (Å²) < 4.78 is 46.2. The molecule has 0 spiro atoms. The number of nitrogens with zero attached hydrogens (tertiary/aromatic N) is 2. The van der Waals surface area contributed by atoms with Crippen molar-refractivity contribution < 1.29 is 42.3 Å². The lowest BCUT2D eigenvalue weighted by Gasteiger charge is -2.37. The minimum Gasteiger partial charge on any atom is -0.370 e. The third-order valence-electron chi connectivity index (χ3n) is 8.12. The van der Waals surface area contributed by atoms with Crippen LogP contribution in [0.4, 0.5) is 8.78 Å². The quantitative estimate of drug-likeness (QED) is 0.239. The Bertz CT molecular complexity index is 1600. The van der Waals surface area contributed by atoms with Crippen LogP contribution in [-0.4, -0.2) is 82.2 Å². The number of fused-ring (bicyclic) bond motifs is 1. The second-order valence-corrected chi connectivity index (χ2v) is 13.9. The van der Waals surface area contributed by atoms with Crippen molar-refractivity contribution in [3.05, 3.63) is 70.6 Å². The minimum absolute atomic E-state index is 0.126. The van der Waals surface area contributed by atoms with Crippen LogP contribution >= 0.6 is 18.9 Å². The number of carbonyl (C=O) groups excluding carboxylic acids is 3. The van der Waals surface area contributed by atoms with E-state index in [2.05, 4.69) is 5.32 Å². The minimum atomic E-state index is -5.77. The summed E-state index contributed by atoms with van der Waals surface area (Å²) in [5.41, 5.74) is 1.42. The second kappa shape index (κ2) is 13.6. The van der Waals surface area contributed by atoms with Crippen LogP contribution in [0.5, 0.6) is 0 Å². The van der Waals surface area contributed by atoms with Crippen LogP contribution < -0.4 is 11.1 Å². The number of likely N-dealkylation sites (tertiary alicyclic amines) is 1. The second-order valence-electron chi connectivity index (χ2n) is 11.1. The first-order valence-corrected chi connectivity index (χ1v) is 17.1. The Kier molecular flexibility index (Phi) is 10.0. The maximum Gasteiger partial charge on any atom is 0.399 e. The standard InChI is InChI=1S/C30H35F2N4O7PS/c31-30(32,44(40,41)42)21-10-11-25-20(16-21)17-26(45-25)27(37)34-22(8-4-12-33)28(38)36-13-5-9-23(36)29(39)35-14-15-43-24(18-35)19-6-2-1-3-7-19/h1-3,6-7,10-11,16-17,22-24H,4-5,8-9,12-15,18,33H2,(H,34,37)(H2,40,41,42)/t22-,23-,24-/m0/s1. The molecule has 2 aromatic carbocycles. The molecule has 0 bridgehead atoms. The molecule has 3 aromatic rings. The van der Waals surface area contributed by atoms with E-state index in [1.807, 2.05) is 30.3 Å². The van der Waals surface area contributed by atoms with Gasteiger partial charge in [0.15, 0.2) is 0 Å². The highest BCUT2D eigenvalue weighted by atomic mass is 32.1. The fraction of sp³-hybridized carbons (Fsp3) is 0.433. The first kappa shape index (κ1) is 33.1. The molecule has 2 saturated heterocycles. The molecule has 11 nitrogen and oxygen atoms in total. The fourth-order valence-corrected chi connectivity index (χ4v) is 7.16. The van der Waals surface area contributed by atoms with Gasteiger partial charge < -0.3 is 35.4 Å². The van der Waals surface area contributed by atoms with E-state index < -0.39 is 42.7 Å². The van der Waals surface area contributed by atoms with E-state index in [4.69, 9.17) is 20.3 Å². The van der Waals surface area contributed by atoms with Gasteiger partial charge in [-0.25, -0.2) is 0 Å². The Hall–Kier alpha value is -3.26. The number of morpholine rings is 1. The van der Waals surface area contributed by atoms with Crippen molar-refractivity contribution in [2.24, 2.45) is 5.73 Å². The number of carbonyl (C=O) groups is 3. The molecule has 3 atom stereocenters. The number of halogens is 2. The van der Waals surface area contributed by atoms with Crippen molar-refractivity contribution in [3.63, 3.8) is 0 Å². The molecule has 45 heavy (non-hydrogen) atoms. The lowest BCUT2D eigenvalue weighted by Crippen LogP contribution is -2.55. The van der Waals surface area contributed by atoms with E-state index in [1.54, 1.807) is 4.90 Å². The predicted octanol–water partition coefficient (Wildman–Crippen LogP) is 3.56. The van der Waals surface area contributed by atoms with Crippen LogP contribution in [0.1, 0.15) is 52.6 Å². The summed E-state index contributed by atoms with van der Waals surface area (Å²) in [6.45, 7) is 1.77. The molecule has 3 amide bonds. The van der Waals surface area contributed by atoms with Gasteiger partial charge in [0.25, 0.3) is 5.91 Å². The van der Waals surface area contributed by atoms with Gasteiger partial charge in [0.1, 0.15) is 18.2 Å². The molecule has 2 fully saturated rings. The lowest BCUT2D eigenvalue weighted by atomic mass is 10.1. The van der Waals surface area contributed by atoms with E-state index in [9.17, 15) is 27.7 Å². The number of nitrogens with one attached hydrogen (secondary N) is 1. The Morgan fingerprint density at radius 1 is 1.13 bits per heavy atom. The predicted molar refractivity (Wildman–Crippen MR) is 164 cm³/mol. The van der Waals surface area contributed by atoms with Crippen LogP contribution in [-0.2, 0) is 24.6 Å². The van der Waals surface area contributed by atoms with E-state index in [-0.39, 0.29) is 35.2 Å². The molecule has 15 heteroatoms. The van der Waals surface area contributed by atoms with Crippen LogP contribution in [0.2, 0.25) is 0 Å². The van der Waals surface area contributed by atoms with Gasteiger partial charge in [0.2, 0.25) is 11.8 Å². The molecule has 0 aliphatic carbocycles. The van der Waals surface area contributed by atoms with E-state index in [0.29, 0.717) is 50.2 Å². The van der Waals surface area contributed by atoms with Crippen molar-refractivity contribution in [2.45, 2.75) is 49.5 Å². The summed E-state index contributed by atoms with van der Waals surface area (Å²) in [5, 5.41) is 2.95. The number of amides is 3. The van der Waals surface area contributed by atoms with Gasteiger partial charge in [-0.3, -0.25) is 18.9 Å². The number of benzene rings is 2. The van der Waals surface area contributed by atoms with E-state index >= 15 is 0 Å². The van der Waals surface area contributed by atoms with Gasteiger partial charge in [0, 0.05) is 23.4 Å². The zero-order valence-electron chi connectivity index (χ0n) is 24.3. The summed E-state index contributed by atoms with van der Waals surface area (Å²) in [5.74, 6) is -1.18. The third-order valence-corrected chi connectivity index (χ3v) is 10.2. The van der Waals surface area contributed by atoms with Gasteiger partial charge in [-0.2, -0.15) is 8.78 Å². The highest BCUT2D eigenvalue weighted by molar-refractivity contribution is 7.52. The van der Waals surface area contributed by atoms with Crippen molar-refractivity contribution >= 4 is 46.7 Å². The largest absolute Gasteiger partial charge is 0.399 e. The molecule has 242 valence electrons. The molecule has 5 rings (SSSR count). The maximum absolute atomic E-state index is 14.3. The number of hydrogen-bond donors (Lipinski definition) is 4. The Labute approximate surface area is 262 Å². The number of nitrogens with two attached hydrogens (primary N) is 1. The number of thiophene rings is 1. The topological polar surface area (TPSA) is 162 Å². The van der Waals surface area contributed by atoms with Crippen LogP contribution in [0.3, 0.4) is 0 Å². The zero-order chi connectivity index (χ0) is 32.4. The van der Waals surface area contributed by atoms with Gasteiger partial charge >= 0.3 is 13.3 Å². The molecule has 0 radical (unpaired) electrons. The molecule has 2 aliphatic rings. The molecular formula is C30H35F2N4O7PS. The summed E-state index contributed by atoms with van der Waals surface area (Å²) in [6, 6.07) is 12.4. The molecule has 2 aliphatic heterocycles. The number of hydrogen-bond acceptors (Lipinski definition) is 7. The Morgan fingerprint density at radius 2 is 1.89 bits per heavy atom. The smallest absolute Gasteiger partial charge is 0.370 e. The number of alkyl halides is 2. The fourth-order valence-electron chi connectivity index (χ4n) is 5.74. The maximum atomic E-state index is 14.3. The molecule has 0 saturated carbocycles. The third kappa shape index (κ3) is 7.11. The van der Waals surface area contributed by atoms with Crippen molar-refractivity contribution in [3.8, 4) is 0 Å². The molecule has 3 heterocycles. The van der Waals surface area contributed by atoms with Gasteiger partial charge in [0.05, 0.1) is 18.0 Å².